The van der Waals surface area contributed by atoms with Crippen LogP contribution in [-0.4, -0.2) is 47.2 Å². The molecule has 1 heterocycles. The van der Waals surface area contributed by atoms with E-state index < -0.39 is 11.8 Å². The van der Waals surface area contributed by atoms with E-state index in [9.17, 15) is 18.8 Å². The fraction of sp³-hybridized carbons (Fsp3) is 0.409. The molecular weight excluding hydrogens is 375 g/mol. The van der Waals surface area contributed by atoms with E-state index in [-0.39, 0.29) is 30.5 Å². The SMILES string of the molecule is CCOC(=O)c1[nH]c(C)c(C(=O)CN(CC2CC2)C(=O)c2ccc(F)cc2)c1C. The molecule has 1 N–H and O–H groups in total. The summed E-state index contributed by atoms with van der Waals surface area (Å²) >= 11 is 0. The van der Waals surface area contributed by atoms with Crippen molar-refractivity contribution in [1.82, 2.24) is 9.88 Å². The van der Waals surface area contributed by atoms with Crippen LogP contribution in [0.15, 0.2) is 24.3 Å². The summed E-state index contributed by atoms with van der Waals surface area (Å²) in [6.07, 6.45) is 2.05. The van der Waals surface area contributed by atoms with Crippen LogP contribution in [-0.2, 0) is 4.74 Å². The molecule has 0 bridgehead atoms. The molecule has 7 heteroatoms. The maximum Gasteiger partial charge on any atom is 0.355 e. The minimum Gasteiger partial charge on any atom is -0.461 e. The van der Waals surface area contributed by atoms with Crippen LogP contribution < -0.4 is 0 Å². The van der Waals surface area contributed by atoms with E-state index in [1.807, 2.05) is 0 Å². The second-order valence-corrected chi connectivity index (χ2v) is 7.40. The van der Waals surface area contributed by atoms with E-state index in [4.69, 9.17) is 4.74 Å². The Balaban J connectivity index is 1.82. The highest BCUT2D eigenvalue weighted by Gasteiger charge is 2.30. The molecule has 6 nitrogen and oxygen atoms in total. The Hall–Kier alpha value is -2.96. The third-order valence-corrected chi connectivity index (χ3v) is 5.08. The van der Waals surface area contributed by atoms with Crippen LogP contribution in [0.1, 0.15) is 62.2 Å². The zero-order valence-corrected chi connectivity index (χ0v) is 16.9. The minimum atomic E-state index is -0.510. The number of H-pyrrole nitrogens is 1. The zero-order chi connectivity index (χ0) is 21.1. The van der Waals surface area contributed by atoms with Crippen molar-refractivity contribution in [3.05, 3.63) is 58.2 Å². The van der Waals surface area contributed by atoms with E-state index in [2.05, 4.69) is 4.98 Å². The summed E-state index contributed by atoms with van der Waals surface area (Å²) in [6.45, 7) is 5.74. The Bertz CT molecular complexity index is 929. The molecular formula is C22H25FN2O4. The highest BCUT2D eigenvalue weighted by Crippen LogP contribution is 2.30. The molecule has 0 unspecified atom stereocenters. The third kappa shape index (κ3) is 4.72. The van der Waals surface area contributed by atoms with Crippen LogP contribution in [0.2, 0.25) is 0 Å². The van der Waals surface area contributed by atoms with Gasteiger partial charge in [-0.25, -0.2) is 9.18 Å². The van der Waals surface area contributed by atoms with Crippen molar-refractivity contribution in [1.29, 1.82) is 0 Å². The largest absolute Gasteiger partial charge is 0.461 e. The molecule has 1 amide bonds. The van der Waals surface area contributed by atoms with Gasteiger partial charge in [-0.1, -0.05) is 0 Å². The topological polar surface area (TPSA) is 79.5 Å². The summed E-state index contributed by atoms with van der Waals surface area (Å²) in [6, 6.07) is 5.31. The normalized spacial score (nSPS) is 13.2. The van der Waals surface area contributed by atoms with Gasteiger partial charge in [0.15, 0.2) is 5.78 Å². The van der Waals surface area contributed by atoms with Crippen LogP contribution in [0.3, 0.4) is 0 Å². The van der Waals surface area contributed by atoms with Gasteiger partial charge >= 0.3 is 5.97 Å². The fourth-order valence-corrected chi connectivity index (χ4v) is 3.43. The second kappa shape index (κ2) is 8.59. The van der Waals surface area contributed by atoms with E-state index in [0.29, 0.717) is 34.8 Å². The number of ether oxygens (including phenoxy) is 1. The van der Waals surface area contributed by atoms with Gasteiger partial charge in [-0.3, -0.25) is 9.59 Å². The molecule has 1 aromatic carbocycles. The monoisotopic (exact) mass is 400 g/mol. The Kier molecular flexibility index (Phi) is 6.15. The number of esters is 1. The summed E-state index contributed by atoms with van der Waals surface area (Å²) in [7, 11) is 0. The van der Waals surface area contributed by atoms with Crippen molar-refractivity contribution in [2.45, 2.75) is 33.6 Å². The van der Waals surface area contributed by atoms with Crippen molar-refractivity contribution < 1.29 is 23.5 Å². The van der Waals surface area contributed by atoms with Crippen molar-refractivity contribution in [2.24, 2.45) is 5.92 Å². The lowest BCUT2D eigenvalue weighted by atomic mass is 10.0. The second-order valence-electron chi connectivity index (χ2n) is 7.40. The molecule has 1 fully saturated rings. The van der Waals surface area contributed by atoms with Gasteiger partial charge in [0.05, 0.1) is 13.2 Å². The fourth-order valence-electron chi connectivity index (χ4n) is 3.43. The van der Waals surface area contributed by atoms with Crippen LogP contribution in [0.4, 0.5) is 4.39 Å². The van der Waals surface area contributed by atoms with Crippen LogP contribution in [0, 0.1) is 25.6 Å². The average Bonchev–Trinajstić information content (AvgIpc) is 3.44. The summed E-state index contributed by atoms with van der Waals surface area (Å²) < 4.78 is 18.2. The van der Waals surface area contributed by atoms with E-state index in [0.717, 1.165) is 12.8 Å². The number of hydrogen-bond donors (Lipinski definition) is 1. The predicted octanol–water partition coefficient (Wildman–Crippen LogP) is 3.68. The number of carbonyl (C=O) groups excluding carboxylic acids is 3. The first-order valence-corrected chi connectivity index (χ1v) is 9.76. The molecule has 1 aliphatic carbocycles. The highest BCUT2D eigenvalue weighted by atomic mass is 19.1. The zero-order valence-electron chi connectivity index (χ0n) is 16.9. The lowest BCUT2D eigenvalue weighted by molar-refractivity contribution is 0.0519. The number of halogens is 1. The smallest absolute Gasteiger partial charge is 0.355 e. The Morgan fingerprint density at radius 3 is 2.41 bits per heavy atom. The van der Waals surface area contributed by atoms with Gasteiger partial charge in [-0.2, -0.15) is 0 Å². The molecule has 0 atom stereocenters. The van der Waals surface area contributed by atoms with Gasteiger partial charge < -0.3 is 14.6 Å². The number of amides is 1. The molecule has 29 heavy (non-hydrogen) atoms. The predicted molar refractivity (Wildman–Crippen MR) is 106 cm³/mol. The number of nitrogens with zero attached hydrogens (tertiary/aromatic N) is 1. The molecule has 0 radical (unpaired) electrons. The summed E-state index contributed by atoms with van der Waals surface area (Å²) in [5.74, 6) is -1.10. The molecule has 1 aromatic heterocycles. The number of aromatic nitrogens is 1. The number of Topliss-reactive ketones (excluding diaryl/α,β-unsaturated/α-hetero) is 1. The third-order valence-electron chi connectivity index (χ3n) is 5.08. The maximum absolute atomic E-state index is 13.2. The molecule has 1 aliphatic rings. The summed E-state index contributed by atoms with van der Waals surface area (Å²) in [4.78, 5) is 42.5. The van der Waals surface area contributed by atoms with E-state index in [1.54, 1.807) is 20.8 Å². The highest BCUT2D eigenvalue weighted by molar-refractivity contribution is 6.05. The average molecular weight is 400 g/mol. The molecule has 154 valence electrons. The first kappa shape index (κ1) is 20.8. The standard InChI is InChI=1S/C22H25FN2O4/c1-4-29-22(28)20-13(2)19(14(3)24-20)18(26)12-25(11-15-5-6-15)21(27)16-7-9-17(23)10-8-16/h7-10,15,24H,4-6,11-12H2,1-3H3. The van der Waals surface area contributed by atoms with Crippen molar-refractivity contribution in [3.8, 4) is 0 Å². The van der Waals surface area contributed by atoms with Crippen LogP contribution in [0.5, 0.6) is 0 Å². The quantitative estimate of drug-likeness (QED) is 0.541. The first-order valence-electron chi connectivity index (χ1n) is 9.76. The van der Waals surface area contributed by atoms with Gasteiger partial charge in [0.2, 0.25) is 0 Å². The molecule has 1 saturated carbocycles. The molecule has 3 rings (SSSR count). The number of carbonyl (C=O) groups is 3. The van der Waals surface area contributed by atoms with Crippen molar-refractivity contribution in [3.63, 3.8) is 0 Å². The first-order chi connectivity index (χ1) is 13.8. The Morgan fingerprint density at radius 2 is 1.83 bits per heavy atom. The Morgan fingerprint density at radius 1 is 1.17 bits per heavy atom. The van der Waals surface area contributed by atoms with Crippen LogP contribution >= 0.6 is 0 Å². The maximum atomic E-state index is 13.2. The molecule has 2 aromatic rings. The van der Waals surface area contributed by atoms with Gasteiger partial charge in [-0.15, -0.1) is 0 Å². The Labute approximate surface area is 169 Å². The number of ketones is 1. The van der Waals surface area contributed by atoms with Crippen LogP contribution in [0.25, 0.3) is 0 Å². The van der Waals surface area contributed by atoms with Gasteiger partial charge in [0.25, 0.3) is 5.91 Å². The minimum absolute atomic E-state index is 0.103. The number of benzene rings is 1. The van der Waals surface area contributed by atoms with Gasteiger partial charge in [0, 0.05) is 23.4 Å². The lowest BCUT2D eigenvalue weighted by Gasteiger charge is -2.22. The molecule has 0 saturated heterocycles. The van der Waals surface area contributed by atoms with Gasteiger partial charge in [0.1, 0.15) is 11.5 Å². The number of rotatable bonds is 8. The number of aryl methyl sites for hydroxylation is 1. The summed E-state index contributed by atoms with van der Waals surface area (Å²) in [5.41, 5.74) is 2.09. The van der Waals surface area contributed by atoms with E-state index in [1.165, 1.54) is 29.2 Å². The summed E-state index contributed by atoms with van der Waals surface area (Å²) in [5, 5.41) is 0. The number of aromatic amines is 1. The van der Waals surface area contributed by atoms with E-state index >= 15 is 0 Å². The number of hydrogen-bond acceptors (Lipinski definition) is 4. The molecule has 0 spiro atoms. The van der Waals surface area contributed by atoms with Crippen molar-refractivity contribution in [2.75, 3.05) is 19.7 Å². The van der Waals surface area contributed by atoms with Gasteiger partial charge in [-0.05, 0) is 69.4 Å². The lowest BCUT2D eigenvalue weighted by Crippen LogP contribution is -2.37. The van der Waals surface area contributed by atoms with Crippen molar-refractivity contribution >= 4 is 17.7 Å². The number of nitrogens with one attached hydrogen (secondary N) is 1. The molecule has 0 aliphatic heterocycles.